The molecule has 5 aromatic rings. The van der Waals surface area contributed by atoms with Crippen LogP contribution in [0.15, 0.2) is 54.9 Å². The van der Waals surface area contributed by atoms with Gasteiger partial charge < -0.3 is 31.2 Å². The third-order valence-corrected chi connectivity index (χ3v) is 7.53. The minimum Gasteiger partial charge on any atom is -0.467 e. The molecule has 262 valence electrons. The second-order valence-corrected chi connectivity index (χ2v) is 10.8. The predicted octanol–water partition coefficient (Wildman–Crippen LogP) is 1.45. The number of carbonyl (C=O) groups is 4. The largest absolute Gasteiger partial charge is 0.467 e. The highest BCUT2D eigenvalue weighted by Gasteiger charge is 2.23. The van der Waals surface area contributed by atoms with Gasteiger partial charge in [0.25, 0.3) is 11.6 Å². The Labute approximate surface area is 287 Å². The smallest absolute Gasteiger partial charge is 0.338 e. The number of nitrogen functional groups attached to an aromatic ring is 2. The topological polar surface area (TPSA) is 279 Å². The lowest BCUT2D eigenvalue weighted by Crippen LogP contribution is -2.41. The number of benzene rings is 2. The number of rotatable bonds is 14. The van der Waals surface area contributed by atoms with Crippen molar-refractivity contribution in [1.82, 2.24) is 40.2 Å². The Morgan fingerprint density at radius 3 is 2.53 bits per heavy atom. The molecule has 0 aliphatic carbocycles. The summed E-state index contributed by atoms with van der Waals surface area (Å²) in [5.41, 5.74) is 13.2. The highest BCUT2D eigenvalue weighted by atomic mass is 16.6. The van der Waals surface area contributed by atoms with Crippen LogP contribution < -0.4 is 21.7 Å². The summed E-state index contributed by atoms with van der Waals surface area (Å²) in [6, 6.07) is 8.82. The van der Waals surface area contributed by atoms with Crippen LogP contribution in [0.25, 0.3) is 22.4 Å². The van der Waals surface area contributed by atoms with Gasteiger partial charge in [0.15, 0.2) is 17.0 Å². The minimum absolute atomic E-state index is 0.0276. The van der Waals surface area contributed by atoms with Gasteiger partial charge in [-0.3, -0.25) is 24.4 Å². The van der Waals surface area contributed by atoms with Crippen LogP contribution in [0, 0.1) is 10.1 Å². The first-order chi connectivity index (χ1) is 24.5. The molecule has 0 saturated carbocycles. The lowest BCUT2D eigenvalue weighted by atomic mass is 10.0. The molecule has 20 heteroatoms. The zero-order valence-electron chi connectivity index (χ0n) is 27.1. The van der Waals surface area contributed by atoms with E-state index in [-0.39, 0.29) is 70.5 Å². The number of anilines is 3. The number of hydrogen-bond donors (Lipinski definition) is 3. The third-order valence-electron chi connectivity index (χ3n) is 7.53. The molecule has 0 saturated heterocycles. The second-order valence-electron chi connectivity index (χ2n) is 10.8. The molecule has 0 aliphatic rings. The summed E-state index contributed by atoms with van der Waals surface area (Å²) in [4.78, 5) is 78.3. The van der Waals surface area contributed by atoms with Crippen molar-refractivity contribution >= 4 is 58.6 Å². The zero-order valence-corrected chi connectivity index (χ0v) is 27.1. The molecular weight excluding hydrogens is 668 g/mol. The summed E-state index contributed by atoms with van der Waals surface area (Å²) < 4.78 is 11.1. The average Bonchev–Trinajstić information content (AvgIpc) is 3.61. The highest BCUT2D eigenvalue weighted by molar-refractivity contribution is 5.98. The minimum atomic E-state index is -1.00. The number of hydrogen-bond acceptors (Lipinski definition) is 16. The number of nitrogens with zero attached hydrogens (tertiary/aromatic N) is 9. The molecule has 0 aliphatic heterocycles. The molecule has 2 aromatic carbocycles. The van der Waals surface area contributed by atoms with Crippen LogP contribution in [0.4, 0.5) is 23.1 Å². The van der Waals surface area contributed by atoms with Crippen molar-refractivity contribution in [2.24, 2.45) is 0 Å². The van der Waals surface area contributed by atoms with Crippen LogP contribution in [0.3, 0.4) is 0 Å². The molecule has 3 aromatic heterocycles. The monoisotopic (exact) mass is 698 g/mol. The van der Waals surface area contributed by atoms with Crippen molar-refractivity contribution in [3.63, 3.8) is 0 Å². The first-order valence-corrected chi connectivity index (χ1v) is 15.0. The van der Waals surface area contributed by atoms with E-state index in [1.54, 1.807) is 12.1 Å². The Morgan fingerprint density at radius 2 is 1.84 bits per heavy atom. The molecule has 51 heavy (non-hydrogen) atoms. The first-order valence-electron chi connectivity index (χ1n) is 15.0. The van der Waals surface area contributed by atoms with Crippen molar-refractivity contribution in [3.8, 4) is 11.3 Å². The van der Waals surface area contributed by atoms with Crippen LogP contribution in [0.2, 0.25) is 0 Å². The quantitative estimate of drug-likeness (QED) is 0.0640. The molecule has 0 spiro atoms. The number of esters is 2. The van der Waals surface area contributed by atoms with Crippen molar-refractivity contribution in [3.05, 3.63) is 81.8 Å². The molecule has 5 rings (SSSR count). The number of nitro groups is 1. The lowest BCUT2D eigenvalue weighted by molar-refractivity contribution is -0.384. The second kappa shape index (κ2) is 15.4. The molecule has 3 heterocycles. The van der Waals surface area contributed by atoms with Crippen LogP contribution in [-0.2, 0) is 32.2 Å². The number of carbonyl (C=O) groups excluding carboxylic acids is 4. The first kappa shape index (κ1) is 35.2. The van der Waals surface area contributed by atoms with E-state index >= 15 is 0 Å². The number of nitrogens with two attached hydrogens (primary N) is 2. The molecule has 20 nitrogen and oxygen atoms in total. The summed E-state index contributed by atoms with van der Waals surface area (Å²) in [6.45, 7) is 0.294. The standard InChI is InChI=1S/C31H30N12O8/c1-50-29(46)22-12-20(43(48)49)9-10-21(22)24-15-42(40-39-24)11-3-4-23(30(47)51-2)36-28(45)17-5-7-19(8-6-17)41(16-44)14-18-13-34-27-25(35-18)26(32)37-31(33)38-27/h5-10,12-13,15-16,23H,3-4,11,14H2,1-2H3,(H,36,45)(H4,32,33,34,37,38)/t23-/m0/s1. The van der Waals surface area contributed by atoms with Gasteiger partial charge in [-0.1, -0.05) is 5.21 Å². The van der Waals surface area contributed by atoms with Crippen molar-refractivity contribution in [2.75, 3.05) is 30.6 Å². The van der Waals surface area contributed by atoms with Crippen molar-refractivity contribution < 1.29 is 33.6 Å². The van der Waals surface area contributed by atoms with Crippen LogP contribution in [-0.4, -0.2) is 84.4 Å². The fraction of sp³-hybridized carbons (Fsp3) is 0.226. The van der Waals surface area contributed by atoms with E-state index in [1.807, 2.05) is 0 Å². The fourth-order valence-electron chi connectivity index (χ4n) is 5.00. The summed E-state index contributed by atoms with van der Waals surface area (Å²) in [5, 5.41) is 22.0. The summed E-state index contributed by atoms with van der Waals surface area (Å²) in [6.07, 6.45) is 4.09. The number of ether oxygens (including phenoxy) is 2. The molecule has 0 radical (unpaired) electrons. The van der Waals surface area contributed by atoms with Gasteiger partial charge in [0, 0.05) is 35.5 Å². The van der Waals surface area contributed by atoms with Gasteiger partial charge in [-0.2, -0.15) is 9.97 Å². The molecular formula is C31H30N12O8. The van der Waals surface area contributed by atoms with Gasteiger partial charge in [0.2, 0.25) is 12.4 Å². The normalized spacial score (nSPS) is 11.4. The van der Waals surface area contributed by atoms with Crippen LogP contribution in [0.1, 0.15) is 39.3 Å². The lowest BCUT2D eigenvalue weighted by Gasteiger charge is -2.18. The predicted molar refractivity (Wildman–Crippen MR) is 179 cm³/mol. The maximum Gasteiger partial charge on any atom is 0.338 e. The van der Waals surface area contributed by atoms with Gasteiger partial charge >= 0.3 is 11.9 Å². The van der Waals surface area contributed by atoms with E-state index in [4.69, 9.17) is 20.9 Å². The Morgan fingerprint density at radius 1 is 1.08 bits per heavy atom. The van der Waals surface area contributed by atoms with Gasteiger partial charge in [0.1, 0.15) is 11.7 Å². The SMILES string of the molecule is COC(=O)c1cc([N+](=O)[O-])ccc1-c1cn(CCC[C@H](NC(=O)c2ccc(N(C=O)Cc3cnc4nc(N)nc(N)c4n3)cc2)C(=O)OC)nn1. The van der Waals surface area contributed by atoms with E-state index in [0.29, 0.717) is 24.2 Å². The Bertz CT molecular complexity index is 2120. The summed E-state index contributed by atoms with van der Waals surface area (Å²) in [7, 11) is 2.36. The molecule has 0 bridgehead atoms. The fourth-order valence-corrected chi connectivity index (χ4v) is 5.00. The number of fused-ring (bicyclic) bond motifs is 1. The molecule has 0 unspecified atom stereocenters. The van der Waals surface area contributed by atoms with Crippen molar-refractivity contribution in [2.45, 2.75) is 32.0 Å². The molecule has 5 N–H and O–H groups in total. The van der Waals surface area contributed by atoms with E-state index in [0.717, 1.165) is 13.2 Å². The number of aromatic nitrogens is 7. The Kier molecular flexibility index (Phi) is 10.6. The van der Waals surface area contributed by atoms with Crippen LogP contribution >= 0.6 is 0 Å². The number of methoxy groups -OCH3 is 2. The van der Waals surface area contributed by atoms with E-state index in [2.05, 4.69) is 35.6 Å². The number of aryl methyl sites for hydroxylation is 1. The van der Waals surface area contributed by atoms with E-state index < -0.39 is 28.8 Å². The van der Waals surface area contributed by atoms with Crippen LogP contribution in [0.5, 0.6) is 0 Å². The number of non-ortho nitro benzene ring substituents is 1. The molecule has 2 amide bonds. The molecule has 1 atom stereocenters. The number of amides is 2. The van der Waals surface area contributed by atoms with E-state index in [1.165, 1.54) is 53.4 Å². The van der Waals surface area contributed by atoms with Crippen molar-refractivity contribution in [1.29, 1.82) is 0 Å². The Balaban J connectivity index is 1.21. The van der Waals surface area contributed by atoms with Gasteiger partial charge in [-0.05, 0) is 43.2 Å². The number of nitrogens with one attached hydrogen (secondary N) is 1. The third kappa shape index (κ3) is 8.13. The maximum absolute atomic E-state index is 13.1. The van der Waals surface area contributed by atoms with Gasteiger partial charge in [0.05, 0.1) is 49.3 Å². The average molecular weight is 699 g/mol. The zero-order chi connectivity index (χ0) is 36.7. The highest BCUT2D eigenvalue weighted by Crippen LogP contribution is 2.27. The van der Waals surface area contributed by atoms with Gasteiger partial charge in [-0.15, -0.1) is 5.10 Å². The van der Waals surface area contributed by atoms with Gasteiger partial charge in [-0.25, -0.2) is 19.6 Å². The summed E-state index contributed by atoms with van der Waals surface area (Å²) in [5.74, 6) is -1.99. The number of nitro benzene ring substituents is 1. The maximum atomic E-state index is 13.1. The summed E-state index contributed by atoms with van der Waals surface area (Å²) >= 11 is 0. The molecule has 0 fully saturated rings. The van der Waals surface area contributed by atoms with E-state index in [9.17, 15) is 29.3 Å². The Hall–Kier alpha value is -7.12.